The molecule has 0 aliphatic rings. The van der Waals surface area contributed by atoms with E-state index < -0.39 is 0 Å². The lowest BCUT2D eigenvalue weighted by Crippen LogP contribution is -2.20. The number of hydrogen-bond acceptors (Lipinski definition) is 7. The number of phenolic OH excluding ortho intramolecular Hbond substituents is 1. The van der Waals surface area contributed by atoms with E-state index in [2.05, 4.69) is 20.7 Å². The van der Waals surface area contributed by atoms with Gasteiger partial charge in [0.15, 0.2) is 22.5 Å². The largest absolute Gasteiger partial charge is 0.504 e. The molecule has 10 heteroatoms. The summed E-state index contributed by atoms with van der Waals surface area (Å²) in [5, 5.41) is 24.1. The zero-order valence-corrected chi connectivity index (χ0v) is 21.3. The molecular formula is C26H24ClN5O3S. The normalized spacial score (nSPS) is 11.1. The molecule has 1 amide bonds. The van der Waals surface area contributed by atoms with Gasteiger partial charge in [0.2, 0.25) is 0 Å². The Kier molecular flexibility index (Phi) is 8.24. The molecule has 36 heavy (non-hydrogen) atoms. The molecule has 1 aromatic heterocycles. The summed E-state index contributed by atoms with van der Waals surface area (Å²) in [7, 11) is 0. The molecule has 0 spiro atoms. The first-order chi connectivity index (χ1) is 17.5. The number of hydrogen-bond donors (Lipinski definition) is 2. The van der Waals surface area contributed by atoms with Gasteiger partial charge in [-0.3, -0.25) is 9.36 Å². The van der Waals surface area contributed by atoms with Crippen LogP contribution < -0.4 is 10.2 Å². The smallest absolute Gasteiger partial charge is 0.250 e. The highest BCUT2D eigenvalue weighted by molar-refractivity contribution is 7.99. The molecule has 0 atom stereocenters. The summed E-state index contributed by atoms with van der Waals surface area (Å²) in [5.74, 6) is 0.699. The third kappa shape index (κ3) is 6.05. The summed E-state index contributed by atoms with van der Waals surface area (Å²) in [6, 6.07) is 20.4. The monoisotopic (exact) mass is 521 g/mol. The highest BCUT2D eigenvalue weighted by Crippen LogP contribution is 2.30. The van der Waals surface area contributed by atoms with Gasteiger partial charge in [-0.25, -0.2) is 5.43 Å². The average Bonchev–Trinajstić information content (AvgIpc) is 3.30. The summed E-state index contributed by atoms with van der Waals surface area (Å²) >= 11 is 7.31. The van der Waals surface area contributed by atoms with Gasteiger partial charge in [0.05, 0.1) is 18.6 Å². The Morgan fingerprint density at radius 2 is 1.89 bits per heavy atom. The minimum atomic E-state index is -0.334. The lowest BCUT2D eigenvalue weighted by atomic mass is 10.1. The minimum Gasteiger partial charge on any atom is -0.504 e. The van der Waals surface area contributed by atoms with Crippen LogP contribution >= 0.6 is 23.4 Å². The fraction of sp³-hybridized carbons (Fsp3) is 0.154. The number of rotatable bonds is 9. The van der Waals surface area contributed by atoms with E-state index in [1.54, 1.807) is 30.3 Å². The van der Waals surface area contributed by atoms with Crippen molar-refractivity contribution in [1.82, 2.24) is 20.2 Å². The van der Waals surface area contributed by atoms with Crippen LogP contribution in [0.1, 0.15) is 18.1 Å². The van der Waals surface area contributed by atoms with Gasteiger partial charge < -0.3 is 9.84 Å². The van der Waals surface area contributed by atoms with Crippen molar-refractivity contribution < 1.29 is 14.6 Å². The van der Waals surface area contributed by atoms with Gasteiger partial charge in [-0.05, 0) is 50.2 Å². The number of nitrogens with one attached hydrogen (secondary N) is 1. The molecule has 4 aromatic rings. The molecule has 0 aliphatic heterocycles. The third-order valence-corrected chi connectivity index (χ3v) is 6.26. The van der Waals surface area contributed by atoms with Crippen LogP contribution in [0.5, 0.6) is 11.5 Å². The van der Waals surface area contributed by atoms with Crippen molar-refractivity contribution in [2.75, 3.05) is 12.4 Å². The second-order valence-electron chi connectivity index (χ2n) is 7.69. The van der Waals surface area contributed by atoms with Crippen molar-refractivity contribution in [3.05, 3.63) is 82.9 Å². The fourth-order valence-electron chi connectivity index (χ4n) is 3.33. The van der Waals surface area contributed by atoms with Crippen molar-refractivity contribution >= 4 is 35.5 Å². The fourth-order valence-corrected chi connectivity index (χ4v) is 4.20. The maximum atomic E-state index is 12.5. The molecule has 2 N–H and O–H groups in total. The number of hydrazone groups is 1. The van der Waals surface area contributed by atoms with Crippen LogP contribution in [-0.2, 0) is 4.79 Å². The SMILES string of the molecule is CCOc1cccc(/C=N\NC(=O)CSc2nnc(-c3ccc(C)cc3)n2-c2ccc(Cl)cc2)c1O. The third-order valence-electron chi connectivity index (χ3n) is 5.08. The van der Waals surface area contributed by atoms with Crippen LogP contribution in [0.25, 0.3) is 17.1 Å². The molecule has 4 rings (SSSR count). The Labute approximate surface area is 218 Å². The first-order valence-corrected chi connectivity index (χ1v) is 12.5. The number of amides is 1. The van der Waals surface area contributed by atoms with Crippen molar-refractivity contribution in [3.63, 3.8) is 0 Å². The van der Waals surface area contributed by atoms with Gasteiger partial charge >= 0.3 is 0 Å². The molecule has 0 unspecified atom stereocenters. The first kappa shape index (κ1) is 25.3. The molecule has 0 saturated carbocycles. The van der Waals surface area contributed by atoms with Crippen LogP contribution in [0.15, 0.2) is 77.0 Å². The number of halogens is 1. The molecule has 0 bridgehead atoms. The predicted molar refractivity (Wildman–Crippen MR) is 142 cm³/mol. The zero-order valence-electron chi connectivity index (χ0n) is 19.7. The number of thioether (sulfide) groups is 1. The summed E-state index contributed by atoms with van der Waals surface area (Å²) in [4.78, 5) is 12.5. The maximum absolute atomic E-state index is 12.5. The summed E-state index contributed by atoms with van der Waals surface area (Å²) < 4.78 is 7.25. The maximum Gasteiger partial charge on any atom is 0.250 e. The molecular weight excluding hydrogens is 498 g/mol. The van der Waals surface area contributed by atoms with Crippen LogP contribution in [0.4, 0.5) is 0 Å². The summed E-state index contributed by atoms with van der Waals surface area (Å²) in [6.45, 7) is 4.27. The molecule has 3 aromatic carbocycles. The number of benzene rings is 3. The topological polar surface area (TPSA) is 102 Å². The Hall–Kier alpha value is -3.82. The van der Waals surface area contributed by atoms with Crippen molar-refractivity contribution in [2.24, 2.45) is 5.10 Å². The van der Waals surface area contributed by atoms with Gasteiger partial charge in [-0.15, -0.1) is 10.2 Å². The molecule has 0 saturated heterocycles. The van der Waals surface area contributed by atoms with E-state index in [1.807, 2.05) is 54.8 Å². The lowest BCUT2D eigenvalue weighted by Gasteiger charge is -2.10. The van der Waals surface area contributed by atoms with Crippen LogP contribution in [-0.4, -0.2) is 44.4 Å². The zero-order chi connectivity index (χ0) is 25.5. The number of phenols is 1. The van der Waals surface area contributed by atoms with E-state index in [0.29, 0.717) is 33.9 Å². The van der Waals surface area contributed by atoms with E-state index >= 15 is 0 Å². The standard InChI is InChI=1S/C26H24ClN5O3S/c1-3-35-22-6-4-5-19(24(22)34)15-28-29-23(33)16-36-26-31-30-25(18-9-7-17(2)8-10-18)32(26)21-13-11-20(27)12-14-21/h4-15,34H,3,16H2,1-2H3,(H,29,33)/b28-15-. The van der Waals surface area contributed by atoms with Gasteiger partial charge in [0.25, 0.3) is 5.91 Å². The molecule has 184 valence electrons. The number of nitrogens with zero attached hydrogens (tertiary/aromatic N) is 4. The van der Waals surface area contributed by atoms with E-state index in [1.165, 1.54) is 18.0 Å². The Morgan fingerprint density at radius 1 is 1.14 bits per heavy atom. The summed E-state index contributed by atoms with van der Waals surface area (Å²) in [6.07, 6.45) is 1.37. The van der Waals surface area contributed by atoms with E-state index in [-0.39, 0.29) is 17.4 Å². The van der Waals surface area contributed by atoms with E-state index in [0.717, 1.165) is 16.8 Å². The molecule has 8 nitrogen and oxygen atoms in total. The molecule has 0 aliphatic carbocycles. The van der Waals surface area contributed by atoms with Gasteiger partial charge in [-0.2, -0.15) is 5.10 Å². The minimum absolute atomic E-state index is 0.0357. The second kappa shape index (κ2) is 11.7. The van der Waals surface area contributed by atoms with Crippen LogP contribution in [0.3, 0.4) is 0 Å². The summed E-state index contributed by atoms with van der Waals surface area (Å²) in [5.41, 5.74) is 5.77. The molecule has 1 heterocycles. The van der Waals surface area contributed by atoms with Crippen molar-refractivity contribution in [2.45, 2.75) is 19.0 Å². The van der Waals surface area contributed by atoms with Crippen LogP contribution in [0.2, 0.25) is 5.02 Å². The first-order valence-electron chi connectivity index (χ1n) is 11.1. The predicted octanol–water partition coefficient (Wildman–Crippen LogP) is 5.24. The highest BCUT2D eigenvalue weighted by Gasteiger charge is 2.17. The Balaban J connectivity index is 1.49. The Bertz CT molecular complexity index is 1370. The van der Waals surface area contributed by atoms with Crippen molar-refractivity contribution in [3.8, 4) is 28.6 Å². The number of aryl methyl sites for hydroxylation is 1. The number of ether oxygens (including phenoxy) is 1. The number of para-hydroxylation sites is 1. The molecule has 0 fully saturated rings. The highest BCUT2D eigenvalue weighted by atomic mass is 35.5. The number of aromatic nitrogens is 3. The van der Waals surface area contributed by atoms with Crippen molar-refractivity contribution in [1.29, 1.82) is 0 Å². The van der Waals surface area contributed by atoms with Crippen LogP contribution in [0, 0.1) is 6.92 Å². The number of carbonyl (C=O) groups excluding carboxylic acids is 1. The number of carbonyl (C=O) groups is 1. The number of aromatic hydroxyl groups is 1. The lowest BCUT2D eigenvalue weighted by molar-refractivity contribution is -0.118. The van der Waals surface area contributed by atoms with Gasteiger partial charge in [0.1, 0.15) is 0 Å². The second-order valence-corrected chi connectivity index (χ2v) is 9.07. The van der Waals surface area contributed by atoms with Gasteiger partial charge in [0, 0.05) is 21.8 Å². The van der Waals surface area contributed by atoms with Gasteiger partial charge in [-0.1, -0.05) is 59.3 Å². The van der Waals surface area contributed by atoms with E-state index in [4.69, 9.17) is 16.3 Å². The average molecular weight is 522 g/mol. The molecule has 0 radical (unpaired) electrons. The van der Waals surface area contributed by atoms with E-state index in [9.17, 15) is 9.90 Å². The quantitative estimate of drug-likeness (QED) is 0.177. The Morgan fingerprint density at radius 3 is 2.61 bits per heavy atom.